The topological polar surface area (TPSA) is 66.8 Å². The van der Waals surface area contributed by atoms with Crippen molar-refractivity contribution in [3.63, 3.8) is 0 Å². The maximum Gasteiger partial charge on any atom is 0.410 e. The number of carbonyl (C=O) groups is 2. The normalized spacial score (nSPS) is 14.8. The number of hydrogen-bond acceptors (Lipinski definition) is 3. The monoisotopic (exact) mass is 367 g/mol. The number of likely N-dealkylation sites (N-methyl/N-ethyl adjacent to an activating group) is 1. The molecule has 1 amide bonds. The molecule has 0 heterocycles. The quantitative estimate of drug-likeness (QED) is 0.823. The van der Waals surface area contributed by atoms with Crippen molar-refractivity contribution in [3.05, 3.63) is 59.7 Å². The minimum absolute atomic E-state index is 0.0402. The zero-order valence-corrected chi connectivity index (χ0v) is 15.9. The summed E-state index contributed by atoms with van der Waals surface area (Å²) in [6, 6.07) is 15.3. The molecule has 3 rings (SSSR count). The lowest BCUT2D eigenvalue weighted by atomic mass is 9.98. The summed E-state index contributed by atoms with van der Waals surface area (Å²) in [6.07, 6.45) is 0.0578. The molecule has 0 saturated carbocycles. The number of rotatable bonds is 6. The van der Waals surface area contributed by atoms with Crippen LogP contribution in [0, 0.1) is 5.92 Å². The average molecular weight is 367 g/mol. The minimum atomic E-state index is -1.01. The van der Waals surface area contributed by atoms with Crippen molar-refractivity contribution in [1.29, 1.82) is 0 Å². The van der Waals surface area contributed by atoms with Gasteiger partial charge in [0.25, 0.3) is 0 Å². The predicted octanol–water partition coefficient (Wildman–Crippen LogP) is 4.37. The number of nitrogens with zero attached hydrogens (tertiary/aromatic N) is 1. The van der Waals surface area contributed by atoms with Gasteiger partial charge in [-0.1, -0.05) is 68.8 Å². The van der Waals surface area contributed by atoms with Gasteiger partial charge < -0.3 is 9.84 Å². The van der Waals surface area contributed by atoms with Crippen molar-refractivity contribution in [2.24, 2.45) is 5.92 Å². The third-order valence-electron chi connectivity index (χ3n) is 5.48. The lowest BCUT2D eigenvalue weighted by molar-refractivity contribution is -0.144. The fourth-order valence-electron chi connectivity index (χ4n) is 3.82. The van der Waals surface area contributed by atoms with Crippen LogP contribution in [-0.2, 0) is 9.53 Å². The van der Waals surface area contributed by atoms with Crippen molar-refractivity contribution >= 4 is 12.1 Å². The number of carboxylic acids is 1. The van der Waals surface area contributed by atoms with E-state index in [-0.39, 0.29) is 18.4 Å². The van der Waals surface area contributed by atoms with Crippen molar-refractivity contribution in [3.8, 4) is 11.1 Å². The molecule has 0 bridgehead atoms. The Morgan fingerprint density at radius 3 is 2.07 bits per heavy atom. The summed E-state index contributed by atoms with van der Waals surface area (Å²) in [4.78, 5) is 25.3. The molecule has 0 fully saturated rings. The van der Waals surface area contributed by atoms with E-state index in [9.17, 15) is 14.7 Å². The van der Waals surface area contributed by atoms with E-state index < -0.39 is 18.1 Å². The second-order valence-electron chi connectivity index (χ2n) is 7.08. The number of carboxylic acid groups (broad SMARTS) is 1. The third-order valence-corrected chi connectivity index (χ3v) is 5.48. The van der Waals surface area contributed by atoms with Crippen molar-refractivity contribution < 1.29 is 19.4 Å². The van der Waals surface area contributed by atoms with Gasteiger partial charge in [-0.3, -0.25) is 4.90 Å². The van der Waals surface area contributed by atoms with Crippen LogP contribution < -0.4 is 0 Å². The van der Waals surface area contributed by atoms with E-state index in [0.717, 1.165) is 22.3 Å². The molecule has 5 nitrogen and oxygen atoms in total. The minimum Gasteiger partial charge on any atom is -0.480 e. The smallest absolute Gasteiger partial charge is 0.410 e. The standard InChI is InChI=1S/C22H25NO4/c1-4-14(2)20(21(24)25)23(3)22(26)27-13-19-17-11-7-5-9-15(17)16-10-6-8-12-18(16)19/h5-12,14,19-20H,4,13H2,1-3H3,(H,24,25)/t14-,20-/m1/s1. The van der Waals surface area contributed by atoms with E-state index in [0.29, 0.717) is 6.42 Å². The molecule has 0 aromatic heterocycles. The SMILES string of the molecule is CC[C@@H](C)[C@H](C(=O)O)N(C)C(=O)OCC1c2ccccc2-c2ccccc21. The molecule has 0 unspecified atom stereocenters. The van der Waals surface area contributed by atoms with Crippen LogP contribution >= 0.6 is 0 Å². The summed E-state index contributed by atoms with van der Waals surface area (Å²) in [5, 5.41) is 9.48. The molecule has 2 aromatic carbocycles. The lowest BCUT2D eigenvalue weighted by Gasteiger charge is -2.28. The second-order valence-corrected chi connectivity index (χ2v) is 7.08. The maximum atomic E-state index is 12.5. The van der Waals surface area contributed by atoms with Crippen LogP contribution in [0.15, 0.2) is 48.5 Å². The highest BCUT2D eigenvalue weighted by Crippen LogP contribution is 2.44. The number of ether oxygens (including phenoxy) is 1. The van der Waals surface area contributed by atoms with Crippen LogP contribution in [-0.4, -0.2) is 41.8 Å². The van der Waals surface area contributed by atoms with Crippen LogP contribution in [0.4, 0.5) is 4.79 Å². The van der Waals surface area contributed by atoms with Crippen molar-refractivity contribution in [1.82, 2.24) is 4.90 Å². The molecule has 0 aliphatic heterocycles. The Balaban J connectivity index is 1.77. The summed E-state index contributed by atoms with van der Waals surface area (Å²) in [5.74, 6) is -1.21. The Kier molecular flexibility index (Phi) is 5.49. The molecule has 0 spiro atoms. The fraction of sp³-hybridized carbons (Fsp3) is 0.364. The Labute approximate surface area is 159 Å². The van der Waals surface area contributed by atoms with E-state index in [4.69, 9.17) is 4.74 Å². The first-order chi connectivity index (χ1) is 13.0. The van der Waals surface area contributed by atoms with E-state index in [1.54, 1.807) is 0 Å². The predicted molar refractivity (Wildman–Crippen MR) is 104 cm³/mol. The van der Waals surface area contributed by atoms with Crippen molar-refractivity contribution in [2.45, 2.75) is 32.2 Å². The fourth-order valence-corrected chi connectivity index (χ4v) is 3.82. The Hall–Kier alpha value is -2.82. The zero-order valence-electron chi connectivity index (χ0n) is 15.9. The van der Waals surface area contributed by atoms with Crippen LogP contribution in [0.5, 0.6) is 0 Å². The molecule has 0 saturated heterocycles. The molecule has 27 heavy (non-hydrogen) atoms. The first-order valence-electron chi connectivity index (χ1n) is 9.26. The lowest BCUT2D eigenvalue weighted by Crippen LogP contribution is -2.46. The van der Waals surface area contributed by atoms with Gasteiger partial charge in [-0.15, -0.1) is 0 Å². The molecule has 1 aliphatic rings. The van der Waals surface area contributed by atoms with Gasteiger partial charge in [0.15, 0.2) is 0 Å². The number of carbonyl (C=O) groups excluding carboxylic acids is 1. The largest absolute Gasteiger partial charge is 0.480 e. The molecule has 2 aromatic rings. The zero-order chi connectivity index (χ0) is 19.6. The first-order valence-corrected chi connectivity index (χ1v) is 9.26. The number of amides is 1. The van der Waals surface area contributed by atoms with Gasteiger partial charge in [-0.2, -0.15) is 0 Å². The van der Waals surface area contributed by atoms with Crippen LogP contribution in [0.1, 0.15) is 37.3 Å². The number of aliphatic carboxylic acids is 1. The molecule has 1 N–H and O–H groups in total. The summed E-state index contributed by atoms with van der Waals surface area (Å²) in [7, 11) is 1.49. The van der Waals surface area contributed by atoms with Gasteiger partial charge in [0.1, 0.15) is 12.6 Å². The summed E-state index contributed by atoms with van der Waals surface area (Å²) < 4.78 is 5.55. The first kappa shape index (κ1) is 19.0. The summed E-state index contributed by atoms with van der Waals surface area (Å²) >= 11 is 0. The highest BCUT2D eigenvalue weighted by Gasteiger charge is 2.33. The van der Waals surface area contributed by atoms with Gasteiger partial charge >= 0.3 is 12.1 Å². The van der Waals surface area contributed by atoms with Crippen LogP contribution in [0.3, 0.4) is 0 Å². The van der Waals surface area contributed by atoms with Crippen LogP contribution in [0.25, 0.3) is 11.1 Å². The van der Waals surface area contributed by atoms with Crippen LogP contribution in [0.2, 0.25) is 0 Å². The van der Waals surface area contributed by atoms with E-state index in [2.05, 4.69) is 24.3 Å². The van der Waals surface area contributed by atoms with E-state index >= 15 is 0 Å². The van der Waals surface area contributed by atoms with E-state index in [1.807, 2.05) is 38.1 Å². The molecule has 2 atom stereocenters. The summed E-state index contributed by atoms with van der Waals surface area (Å²) in [5.41, 5.74) is 4.58. The van der Waals surface area contributed by atoms with Gasteiger partial charge in [0, 0.05) is 13.0 Å². The number of hydrogen-bond donors (Lipinski definition) is 1. The number of benzene rings is 2. The van der Waals surface area contributed by atoms with Gasteiger partial charge in [0.05, 0.1) is 0 Å². The van der Waals surface area contributed by atoms with E-state index in [1.165, 1.54) is 11.9 Å². The maximum absolute atomic E-state index is 12.5. The Morgan fingerprint density at radius 2 is 1.59 bits per heavy atom. The summed E-state index contributed by atoms with van der Waals surface area (Å²) in [6.45, 7) is 3.92. The third kappa shape index (κ3) is 3.54. The van der Waals surface area contributed by atoms with Gasteiger partial charge in [-0.05, 0) is 28.2 Å². The second kappa shape index (κ2) is 7.82. The number of fused-ring (bicyclic) bond motifs is 3. The molecular weight excluding hydrogens is 342 g/mol. The molecule has 5 heteroatoms. The highest BCUT2D eigenvalue weighted by molar-refractivity contribution is 5.81. The molecule has 142 valence electrons. The van der Waals surface area contributed by atoms with Crippen molar-refractivity contribution in [2.75, 3.05) is 13.7 Å². The Morgan fingerprint density at radius 1 is 1.07 bits per heavy atom. The molecular formula is C22H25NO4. The Bertz CT molecular complexity index is 802. The molecule has 1 aliphatic carbocycles. The van der Waals surface area contributed by atoms with Gasteiger partial charge in [-0.25, -0.2) is 9.59 Å². The highest BCUT2D eigenvalue weighted by atomic mass is 16.6. The molecule has 0 radical (unpaired) electrons. The average Bonchev–Trinajstić information content (AvgIpc) is 2.99. The van der Waals surface area contributed by atoms with Gasteiger partial charge in [0.2, 0.25) is 0 Å².